The number of likely N-dealkylation sites (N-methyl/N-ethyl adjacent to an activating group) is 2. The van der Waals surface area contributed by atoms with Crippen LogP contribution in [0.15, 0.2) is 0 Å². The van der Waals surface area contributed by atoms with Gasteiger partial charge >= 0.3 is 0 Å². The number of nitrogens with zero attached hydrogens (tertiary/aromatic N) is 2. The van der Waals surface area contributed by atoms with E-state index in [1.807, 2.05) is 13.8 Å². The Balaban J connectivity index is 2.38. The van der Waals surface area contributed by atoms with E-state index in [0.717, 1.165) is 45.6 Å². The molecular weight excluding hydrogens is 240 g/mol. The van der Waals surface area contributed by atoms with Gasteiger partial charge in [0, 0.05) is 25.7 Å². The van der Waals surface area contributed by atoms with Gasteiger partial charge in [-0.15, -0.1) is 0 Å². The van der Waals surface area contributed by atoms with Gasteiger partial charge in [-0.1, -0.05) is 6.92 Å². The summed E-state index contributed by atoms with van der Waals surface area (Å²) in [5.74, 6) is -0.249. The van der Waals surface area contributed by atoms with Crippen LogP contribution in [0.2, 0.25) is 0 Å². The highest BCUT2D eigenvalue weighted by Crippen LogP contribution is 2.15. The molecule has 1 amide bonds. The molecule has 0 aliphatic carbocycles. The van der Waals surface area contributed by atoms with E-state index in [9.17, 15) is 4.79 Å². The molecule has 5 nitrogen and oxygen atoms in total. The highest BCUT2D eigenvalue weighted by Gasteiger charge is 2.30. The third-order valence-corrected chi connectivity index (χ3v) is 4.20. The normalized spacial score (nSPS) is 25.2. The second kappa shape index (κ2) is 7.22. The van der Waals surface area contributed by atoms with E-state index >= 15 is 0 Å². The molecule has 1 heterocycles. The number of nitrogens with two attached hydrogens (primary N) is 1. The number of nitrogens with one attached hydrogen (secondary N) is 1. The lowest BCUT2D eigenvalue weighted by Gasteiger charge is -2.38. The summed E-state index contributed by atoms with van der Waals surface area (Å²) in [4.78, 5) is 16.4. The summed E-state index contributed by atoms with van der Waals surface area (Å²) >= 11 is 0. The molecule has 1 aliphatic rings. The van der Waals surface area contributed by atoms with Crippen molar-refractivity contribution >= 4 is 5.91 Å². The van der Waals surface area contributed by atoms with Crippen LogP contribution in [0.3, 0.4) is 0 Å². The zero-order valence-corrected chi connectivity index (χ0v) is 12.9. The highest BCUT2D eigenvalue weighted by molar-refractivity contribution is 5.84. The van der Waals surface area contributed by atoms with E-state index in [2.05, 4.69) is 29.1 Å². The predicted octanol–water partition coefficient (Wildman–Crippen LogP) is 0.256. The lowest BCUT2D eigenvalue weighted by molar-refractivity contribution is -0.124. The van der Waals surface area contributed by atoms with E-state index in [1.54, 1.807) is 0 Å². The summed E-state index contributed by atoms with van der Waals surface area (Å²) in [6.07, 6.45) is 1.80. The Morgan fingerprint density at radius 3 is 2.68 bits per heavy atom. The van der Waals surface area contributed by atoms with Gasteiger partial charge in [-0.25, -0.2) is 0 Å². The van der Waals surface area contributed by atoms with Crippen molar-refractivity contribution in [2.24, 2.45) is 5.73 Å². The Kier molecular flexibility index (Phi) is 6.23. The zero-order valence-electron chi connectivity index (χ0n) is 12.9. The van der Waals surface area contributed by atoms with Crippen LogP contribution in [-0.4, -0.2) is 67.1 Å². The van der Waals surface area contributed by atoms with Crippen LogP contribution in [0.4, 0.5) is 0 Å². The van der Waals surface area contributed by atoms with E-state index in [0.29, 0.717) is 6.04 Å². The molecule has 0 aromatic rings. The number of carbonyl (C=O) groups is 1. The van der Waals surface area contributed by atoms with Gasteiger partial charge in [-0.2, -0.15) is 0 Å². The number of carbonyl (C=O) groups excluding carboxylic acids is 1. The highest BCUT2D eigenvalue weighted by atomic mass is 16.1. The van der Waals surface area contributed by atoms with Crippen molar-refractivity contribution < 1.29 is 4.79 Å². The summed E-state index contributed by atoms with van der Waals surface area (Å²) in [6.45, 7) is 11.4. The molecule has 0 saturated carbocycles. The second-order valence-electron chi connectivity index (χ2n) is 5.98. The Morgan fingerprint density at radius 2 is 2.16 bits per heavy atom. The molecule has 1 fully saturated rings. The van der Waals surface area contributed by atoms with Gasteiger partial charge in [-0.3, -0.25) is 9.69 Å². The maximum Gasteiger partial charge on any atom is 0.237 e. The largest absolute Gasteiger partial charge is 0.368 e. The maximum absolute atomic E-state index is 11.5. The Hall–Kier alpha value is -0.650. The third-order valence-electron chi connectivity index (χ3n) is 4.20. The summed E-state index contributed by atoms with van der Waals surface area (Å²) in [5.41, 5.74) is 4.94. The van der Waals surface area contributed by atoms with Crippen molar-refractivity contribution in [3.63, 3.8) is 0 Å². The Morgan fingerprint density at radius 1 is 1.47 bits per heavy atom. The van der Waals surface area contributed by atoms with Crippen LogP contribution in [0.25, 0.3) is 0 Å². The number of primary amides is 1. The molecule has 0 aromatic heterocycles. The monoisotopic (exact) mass is 270 g/mol. The summed E-state index contributed by atoms with van der Waals surface area (Å²) in [5, 5.41) is 3.21. The zero-order chi connectivity index (χ0) is 14.5. The lowest BCUT2D eigenvalue weighted by atomic mass is 9.94. The van der Waals surface area contributed by atoms with E-state index in [1.165, 1.54) is 0 Å². The van der Waals surface area contributed by atoms with Crippen molar-refractivity contribution in [3.8, 4) is 0 Å². The number of hydrogen-bond acceptors (Lipinski definition) is 4. The fourth-order valence-corrected chi connectivity index (χ4v) is 2.83. The van der Waals surface area contributed by atoms with Crippen molar-refractivity contribution in [2.75, 3.05) is 39.8 Å². The van der Waals surface area contributed by atoms with Crippen molar-refractivity contribution in [2.45, 2.75) is 45.2 Å². The molecule has 2 atom stereocenters. The van der Waals surface area contributed by atoms with Crippen LogP contribution in [0, 0.1) is 0 Å². The van der Waals surface area contributed by atoms with Crippen molar-refractivity contribution in [1.82, 2.24) is 15.1 Å². The maximum atomic E-state index is 11.5. The topological polar surface area (TPSA) is 61.6 Å². The average molecular weight is 270 g/mol. The quantitative estimate of drug-likeness (QED) is 0.696. The molecular formula is C14H30N4O. The minimum Gasteiger partial charge on any atom is -0.368 e. The van der Waals surface area contributed by atoms with Gasteiger partial charge in [-0.05, 0) is 46.8 Å². The van der Waals surface area contributed by atoms with E-state index in [-0.39, 0.29) is 5.91 Å². The minimum atomic E-state index is -0.565. The van der Waals surface area contributed by atoms with Crippen LogP contribution in [-0.2, 0) is 4.79 Å². The van der Waals surface area contributed by atoms with Crippen LogP contribution in [0.5, 0.6) is 0 Å². The van der Waals surface area contributed by atoms with Crippen molar-refractivity contribution in [3.05, 3.63) is 0 Å². The van der Waals surface area contributed by atoms with Crippen LogP contribution in [0.1, 0.15) is 33.6 Å². The van der Waals surface area contributed by atoms with Crippen molar-refractivity contribution in [1.29, 1.82) is 0 Å². The Bertz CT molecular complexity index is 297. The molecule has 1 rings (SSSR count). The fraction of sp³-hybridized carbons (Fsp3) is 0.929. The molecule has 2 unspecified atom stereocenters. The number of amides is 1. The minimum absolute atomic E-state index is 0.249. The SMILES string of the molecule is CCNC(C)(CCCN1CCN(C)CC1C)C(N)=O. The fourth-order valence-electron chi connectivity index (χ4n) is 2.83. The number of piperazine rings is 1. The van der Waals surface area contributed by atoms with Gasteiger partial charge in [0.1, 0.15) is 0 Å². The first-order valence-electron chi connectivity index (χ1n) is 7.36. The summed E-state index contributed by atoms with van der Waals surface area (Å²) in [6, 6.07) is 0.595. The van der Waals surface area contributed by atoms with Crippen LogP contribution >= 0.6 is 0 Å². The molecule has 5 heteroatoms. The first-order chi connectivity index (χ1) is 8.89. The van der Waals surface area contributed by atoms with Gasteiger partial charge in [0.05, 0.1) is 5.54 Å². The molecule has 0 spiro atoms. The average Bonchev–Trinajstić information content (AvgIpc) is 2.32. The molecule has 1 saturated heterocycles. The van der Waals surface area contributed by atoms with E-state index < -0.39 is 5.54 Å². The number of hydrogen-bond donors (Lipinski definition) is 2. The van der Waals surface area contributed by atoms with Crippen LogP contribution < -0.4 is 11.1 Å². The van der Waals surface area contributed by atoms with Gasteiger partial charge < -0.3 is 16.0 Å². The van der Waals surface area contributed by atoms with Gasteiger partial charge in [0.25, 0.3) is 0 Å². The molecule has 112 valence electrons. The molecule has 0 bridgehead atoms. The predicted molar refractivity (Wildman–Crippen MR) is 79.0 cm³/mol. The molecule has 0 radical (unpaired) electrons. The first-order valence-corrected chi connectivity index (χ1v) is 7.36. The second-order valence-corrected chi connectivity index (χ2v) is 5.98. The Labute approximate surface area is 117 Å². The van der Waals surface area contributed by atoms with Gasteiger partial charge in [0.15, 0.2) is 0 Å². The molecule has 1 aliphatic heterocycles. The van der Waals surface area contributed by atoms with E-state index in [4.69, 9.17) is 5.73 Å². The van der Waals surface area contributed by atoms with Gasteiger partial charge in [0.2, 0.25) is 5.91 Å². The molecule has 19 heavy (non-hydrogen) atoms. The summed E-state index contributed by atoms with van der Waals surface area (Å²) in [7, 11) is 2.17. The first kappa shape index (κ1) is 16.4. The smallest absolute Gasteiger partial charge is 0.237 e. The lowest BCUT2D eigenvalue weighted by Crippen LogP contribution is -2.54. The summed E-state index contributed by atoms with van der Waals surface area (Å²) < 4.78 is 0. The molecule has 3 N–H and O–H groups in total. The molecule has 0 aromatic carbocycles. The number of rotatable bonds is 7. The third kappa shape index (κ3) is 4.75. The standard InChI is InChI=1S/C14H30N4O/c1-5-16-14(3,13(15)19)7-6-8-18-10-9-17(4)11-12(18)2/h12,16H,5-11H2,1-4H3,(H2,15,19).